The lowest BCUT2D eigenvalue weighted by Gasteiger charge is -2.06. The van der Waals surface area contributed by atoms with Crippen LogP contribution in [0.25, 0.3) is 0 Å². The molecule has 2 aromatic rings. The predicted octanol–water partition coefficient (Wildman–Crippen LogP) is 5.82. The van der Waals surface area contributed by atoms with E-state index < -0.39 is 0 Å². The Morgan fingerprint density at radius 2 is 1.82 bits per heavy atom. The van der Waals surface area contributed by atoms with Gasteiger partial charge in [0.05, 0.1) is 0 Å². The molecule has 0 saturated carbocycles. The van der Waals surface area contributed by atoms with Crippen LogP contribution in [-0.2, 0) is 6.42 Å². The van der Waals surface area contributed by atoms with Gasteiger partial charge in [0.1, 0.15) is 0 Å². The number of rotatable bonds is 3. The second-order valence-corrected chi connectivity index (χ2v) is 6.08. The average molecular weight is 328 g/mol. The molecule has 0 amide bonds. The van der Waals surface area contributed by atoms with Crippen LogP contribution in [0, 0.1) is 0 Å². The molecule has 0 aromatic heterocycles. The van der Waals surface area contributed by atoms with Gasteiger partial charge in [-0.1, -0.05) is 36.4 Å². The van der Waals surface area contributed by atoms with E-state index in [1.54, 1.807) is 11.8 Å². The zero-order valence-electron chi connectivity index (χ0n) is 9.41. The van der Waals surface area contributed by atoms with Crippen molar-refractivity contribution in [3.05, 3.63) is 57.5 Å². The number of halogens is 2. The lowest BCUT2D eigenvalue weighted by molar-refractivity contribution is 1.12. The summed E-state index contributed by atoms with van der Waals surface area (Å²) in [6.07, 6.45) is 1.06. The Bertz CT molecular complexity index is 508. The maximum atomic E-state index is 5.87. The first-order valence-electron chi connectivity index (χ1n) is 5.41. The number of hydrogen-bond acceptors (Lipinski definition) is 1. The summed E-state index contributed by atoms with van der Waals surface area (Å²) in [5.41, 5.74) is 1.34. The first-order valence-corrected chi connectivity index (χ1v) is 7.39. The van der Waals surface area contributed by atoms with E-state index in [0.717, 1.165) is 15.9 Å². The van der Waals surface area contributed by atoms with Crippen molar-refractivity contribution in [3.8, 4) is 0 Å². The topological polar surface area (TPSA) is 0 Å². The van der Waals surface area contributed by atoms with Crippen LogP contribution in [0.2, 0.25) is 5.02 Å². The number of aryl methyl sites for hydroxylation is 1. The highest BCUT2D eigenvalue weighted by Gasteiger charge is 2.03. The molecule has 0 aliphatic rings. The minimum atomic E-state index is 0.773. The van der Waals surface area contributed by atoms with Crippen LogP contribution in [0.1, 0.15) is 12.5 Å². The van der Waals surface area contributed by atoms with Gasteiger partial charge < -0.3 is 0 Å². The smallest absolute Gasteiger partial charge is 0.0406 e. The Hall–Kier alpha value is -0.440. The second kappa shape index (κ2) is 5.94. The Labute approximate surface area is 120 Å². The van der Waals surface area contributed by atoms with Crippen LogP contribution in [0.4, 0.5) is 0 Å². The fourth-order valence-electron chi connectivity index (χ4n) is 1.48. The van der Waals surface area contributed by atoms with Gasteiger partial charge in [0.15, 0.2) is 0 Å². The maximum absolute atomic E-state index is 5.87. The van der Waals surface area contributed by atoms with E-state index in [0.29, 0.717) is 0 Å². The van der Waals surface area contributed by atoms with Crippen molar-refractivity contribution < 1.29 is 0 Å². The van der Waals surface area contributed by atoms with E-state index >= 15 is 0 Å². The molecule has 0 radical (unpaired) electrons. The van der Waals surface area contributed by atoms with Crippen LogP contribution in [0.3, 0.4) is 0 Å². The van der Waals surface area contributed by atoms with Gasteiger partial charge in [-0.2, -0.15) is 0 Å². The maximum Gasteiger partial charge on any atom is 0.0406 e. The monoisotopic (exact) mass is 326 g/mol. The molecule has 3 heteroatoms. The lowest BCUT2D eigenvalue weighted by atomic mass is 10.2. The minimum absolute atomic E-state index is 0.773. The SMILES string of the molecule is CCc1ccc(Sc2ccc(Cl)cc2)c(Br)c1. The highest BCUT2D eigenvalue weighted by atomic mass is 79.9. The summed E-state index contributed by atoms with van der Waals surface area (Å²) in [5, 5.41) is 0.773. The number of benzene rings is 2. The summed E-state index contributed by atoms with van der Waals surface area (Å²) in [5.74, 6) is 0. The molecule has 0 saturated heterocycles. The zero-order valence-corrected chi connectivity index (χ0v) is 12.6. The van der Waals surface area contributed by atoms with Gasteiger partial charge in [-0.25, -0.2) is 0 Å². The summed E-state index contributed by atoms with van der Waals surface area (Å²) in [4.78, 5) is 2.42. The molecule has 0 nitrogen and oxygen atoms in total. The van der Waals surface area contributed by atoms with E-state index in [-0.39, 0.29) is 0 Å². The van der Waals surface area contributed by atoms with Crippen molar-refractivity contribution in [2.45, 2.75) is 23.1 Å². The summed E-state index contributed by atoms with van der Waals surface area (Å²) >= 11 is 11.2. The largest absolute Gasteiger partial charge is 0.0889 e. The molecule has 0 fully saturated rings. The molecule has 17 heavy (non-hydrogen) atoms. The fourth-order valence-corrected chi connectivity index (χ4v) is 3.09. The van der Waals surface area contributed by atoms with E-state index in [1.165, 1.54) is 15.4 Å². The molecule has 0 heterocycles. The summed E-state index contributed by atoms with van der Waals surface area (Å²) < 4.78 is 1.15. The Balaban J connectivity index is 2.21. The molecule has 0 spiro atoms. The molecule has 88 valence electrons. The van der Waals surface area contributed by atoms with Crippen molar-refractivity contribution in [2.75, 3.05) is 0 Å². The van der Waals surface area contributed by atoms with Crippen molar-refractivity contribution in [2.24, 2.45) is 0 Å². The molecule has 0 bridgehead atoms. The third-order valence-corrected chi connectivity index (χ3v) is 4.70. The molecule has 0 aliphatic heterocycles. The molecule has 0 N–H and O–H groups in total. The van der Waals surface area contributed by atoms with Gasteiger partial charge in [0.2, 0.25) is 0 Å². The second-order valence-electron chi connectivity index (χ2n) is 3.67. The van der Waals surface area contributed by atoms with E-state index in [4.69, 9.17) is 11.6 Å². The van der Waals surface area contributed by atoms with Gasteiger partial charge in [0, 0.05) is 19.3 Å². The molecule has 0 atom stereocenters. The Morgan fingerprint density at radius 1 is 1.12 bits per heavy atom. The standard InChI is InChI=1S/C14H12BrClS/c1-2-10-3-8-14(13(15)9-10)17-12-6-4-11(16)5-7-12/h3-9H,2H2,1H3. The molecule has 2 rings (SSSR count). The van der Waals surface area contributed by atoms with E-state index in [1.807, 2.05) is 24.3 Å². The lowest BCUT2D eigenvalue weighted by Crippen LogP contribution is -1.82. The van der Waals surface area contributed by atoms with Gasteiger partial charge in [-0.15, -0.1) is 0 Å². The summed E-state index contributed by atoms with van der Waals surface area (Å²) in [6, 6.07) is 14.4. The van der Waals surface area contributed by atoms with Gasteiger partial charge in [-0.3, -0.25) is 0 Å². The van der Waals surface area contributed by atoms with Gasteiger partial charge >= 0.3 is 0 Å². The van der Waals surface area contributed by atoms with Crippen molar-refractivity contribution in [3.63, 3.8) is 0 Å². The predicted molar refractivity (Wildman–Crippen MR) is 79.1 cm³/mol. The van der Waals surface area contributed by atoms with E-state index in [9.17, 15) is 0 Å². The summed E-state index contributed by atoms with van der Waals surface area (Å²) in [7, 11) is 0. The van der Waals surface area contributed by atoms with Gasteiger partial charge in [0.25, 0.3) is 0 Å². The molecular weight excluding hydrogens is 316 g/mol. The quantitative estimate of drug-likeness (QED) is 0.685. The fraction of sp³-hybridized carbons (Fsp3) is 0.143. The Kier molecular flexibility index (Phi) is 4.55. The highest BCUT2D eigenvalue weighted by Crippen LogP contribution is 2.34. The Morgan fingerprint density at radius 3 is 2.41 bits per heavy atom. The minimum Gasteiger partial charge on any atom is -0.0889 e. The normalized spacial score (nSPS) is 10.5. The van der Waals surface area contributed by atoms with Crippen LogP contribution >= 0.6 is 39.3 Å². The van der Waals surface area contributed by atoms with Gasteiger partial charge in [-0.05, 0) is 64.3 Å². The molecule has 0 aliphatic carbocycles. The van der Waals surface area contributed by atoms with Crippen LogP contribution in [0.15, 0.2) is 56.7 Å². The van der Waals surface area contributed by atoms with Crippen molar-refractivity contribution >= 4 is 39.3 Å². The average Bonchev–Trinajstić information content (AvgIpc) is 2.34. The van der Waals surface area contributed by atoms with Crippen LogP contribution in [0.5, 0.6) is 0 Å². The van der Waals surface area contributed by atoms with Crippen LogP contribution in [-0.4, -0.2) is 0 Å². The third-order valence-electron chi connectivity index (χ3n) is 2.45. The number of hydrogen-bond donors (Lipinski definition) is 0. The molecule has 2 aromatic carbocycles. The highest BCUT2D eigenvalue weighted by molar-refractivity contribution is 9.10. The first-order chi connectivity index (χ1) is 8.19. The van der Waals surface area contributed by atoms with Crippen molar-refractivity contribution in [1.82, 2.24) is 0 Å². The first kappa shape index (κ1) is 13.0. The molecular formula is C14H12BrClS. The van der Waals surface area contributed by atoms with Crippen molar-refractivity contribution in [1.29, 1.82) is 0 Å². The zero-order chi connectivity index (χ0) is 12.3. The third kappa shape index (κ3) is 3.51. The molecule has 0 unspecified atom stereocenters. The van der Waals surface area contributed by atoms with Crippen LogP contribution < -0.4 is 0 Å². The summed E-state index contributed by atoms with van der Waals surface area (Å²) in [6.45, 7) is 2.16. The van der Waals surface area contributed by atoms with E-state index in [2.05, 4.69) is 41.1 Å².